The van der Waals surface area contributed by atoms with Gasteiger partial charge in [-0.05, 0) is 24.6 Å². The lowest BCUT2D eigenvalue weighted by Gasteiger charge is -2.25. The second kappa shape index (κ2) is 5.80. The van der Waals surface area contributed by atoms with Crippen molar-refractivity contribution in [2.24, 2.45) is 5.41 Å². The first-order valence-corrected chi connectivity index (χ1v) is 6.33. The van der Waals surface area contributed by atoms with Gasteiger partial charge in [0.1, 0.15) is 0 Å². The van der Waals surface area contributed by atoms with Crippen LogP contribution in [0.4, 0.5) is 0 Å². The molecular formula is C13H20BrNO. The van der Waals surface area contributed by atoms with Gasteiger partial charge in [-0.1, -0.05) is 41.9 Å². The van der Waals surface area contributed by atoms with Gasteiger partial charge < -0.3 is 10.4 Å². The molecule has 0 spiro atoms. The highest BCUT2D eigenvalue weighted by molar-refractivity contribution is 9.10. The van der Waals surface area contributed by atoms with Gasteiger partial charge in [-0.2, -0.15) is 0 Å². The fourth-order valence-electron chi connectivity index (χ4n) is 1.38. The summed E-state index contributed by atoms with van der Waals surface area (Å²) in [5, 5.41) is 12.6. The molecule has 1 rings (SSSR count). The van der Waals surface area contributed by atoms with Gasteiger partial charge in [-0.15, -0.1) is 0 Å². The summed E-state index contributed by atoms with van der Waals surface area (Å²) in [7, 11) is 0. The summed E-state index contributed by atoms with van der Waals surface area (Å²) in [6.07, 6.45) is 0. The zero-order valence-electron chi connectivity index (χ0n) is 10.1. The summed E-state index contributed by atoms with van der Waals surface area (Å²) in [4.78, 5) is 0. The van der Waals surface area contributed by atoms with E-state index in [9.17, 15) is 5.11 Å². The van der Waals surface area contributed by atoms with Gasteiger partial charge in [0.05, 0.1) is 0 Å². The summed E-state index contributed by atoms with van der Waals surface area (Å²) in [5.74, 6) is 0. The van der Waals surface area contributed by atoms with Crippen LogP contribution in [0, 0.1) is 5.41 Å². The number of benzene rings is 1. The highest BCUT2D eigenvalue weighted by atomic mass is 79.9. The molecule has 0 saturated heterocycles. The molecule has 16 heavy (non-hydrogen) atoms. The van der Waals surface area contributed by atoms with Crippen molar-refractivity contribution in [3.63, 3.8) is 0 Å². The highest BCUT2D eigenvalue weighted by Crippen LogP contribution is 2.19. The third-order valence-corrected chi connectivity index (χ3v) is 3.16. The Bertz CT molecular complexity index is 338. The molecule has 0 fully saturated rings. The minimum Gasteiger partial charge on any atom is -0.396 e. The van der Waals surface area contributed by atoms with E-state index >= 15 is 0 Å². The summed E-state index contributed by atoms with van der Waals surface area (Å²) < 4.78 is 1.10. The Morgan fingerprint density at radius 3 is 2.69 bits per heavy atom. The topological polar surface area (TPSA) is 32.3 Å². The van der Waals surface area contributed by atoms with Gasteiger partial charge in [0, 0.05) is 29.1 Å². The maximum absolute atomic E-state index is 9.17. The Morgan fingerprint density at radius 1 is 1.44 bits per heavy atom. The summed E-state index contributed by atoms with van der Waals surface area (Å²) in [6.45, 7) is 7.23. The lowest BCUT2D eigenvalue weighted by molar-refractivity contribution is 0.154. The van der Waals surface area contributed by atoms with Crippen molar-refractivity contribution in [3.8, 4) is 0 Å². The van der Waals surface area contributed by atoms with E-state index in [1.165, 1.54) is 5.56 Å². The molecule has 0 aliphatic carbocycles. The number of hydrogen-bond donors (Lipinski definition) is 2. The number of hydrogen-bond acceptors (Lipinski definition) is 2. The van der Waals surface area contributed by atoms with Gasteiger partial charge in [-0.3, -0.25) is 0 Å². The van der Waals surface area contributed by atoms with E-state index in [-0.39, 0.29) is 12.0 Å². The van der Waals surface area contributed by atoms with Crippen molar-refractivity contribution in [1.82, 2.24) is 5.32 Å². The summed E-state index contributed by atoms with van der Waals surface area (Å²) in [5.41, 5.74) is 1.18. The molecule has 90 valence electrons. The van der Waals surface area contributed by atoms with Crippen LogP contribution in [0.2, 0.25) is 0 Å². The molecule has 1 atom stereocenters. The lowest BCUT2D eigenvalue weighted by Crippen LogP contribution is -2.33. The molecule has 3 heteroatoms. The van der Waals surface area contributed by atoms with E-state index < -0.39 is 0 Å². The fraction of sp³-hybridized carbons (Fsp3) is 0.538. The van der Waals surface area contributed by atoms with Crippen LogP contribution >= 0.6 is 15.9 Å². The molecule has 0 heterocycles. The van der Waals surface area contributed by atoms with E-state index in [1.807, 2.05) is 26.0 Å². The number of halogens is 1. The molecule has 0 aromatic heterocycles. The average molecular weight is 286 g/mol. The fourth-order valence-corrected chi connectivity index (χ4v) is 1.80. The Morgan fingerprint density at radius 2 is 2.12 bits per heavy atom. The summed E-state index contributed by atoms with van der Waals surface area (Å²) >= 11 is 3.47. The molecule has 0 aliphatic rings. The SMILES string of the molecule is CC(NCC(C)(C)CO)c1cccc(Br)c1. The molecule has 0 bridgehead atoms. The van der Waals surface area contributed by atoms with Crippen LogP contribution in [-0.2, 0) is 0 Å². The Balaban J connectivity index is 2.56. The van der Waals surface area contributed by atoms with Crippen LogP contribution in [0.5, 0.6) is 0 Å². The first kappa shape index (κ1) is 13.7. The van der Waals surface area contributed by atoms with Crippen molar-refractivity contribution >= 4 is 15.9 Å². The van der Waals surface area contributed by atoms with E-state index in [2.05, 4.69) is 40.3 Å². The molecule has 0 amide bonds. The zero-order chi connectivity index (χ0) is 12.2. The van der Waals surface area contributed by atoms with Crippen molar-refractivity contribution in [2.75, 3.05) is 13.2 Å². The molecule has 2 nitrogen and oxygen atoms in total. The van der Waals surface area contributed by atoms with Gasteiger partial charge >= 0.3 is 0 Å². The molecular weight excluding hydrogens is 266 g/mol. The number of aliphatic hydroxyl groups is 1. The van der Waals surface area contributed by atoms with Crippen molar-refractivity contribution in [2.45, 2.75) is 26.8 Å². The Hall–Kier alpha value is -0.380. The van der Waals surface area contributed by atoms with Gasteiger partial charge in [-0.25, -0.2) is 0 Å². The van der Waals surface area contributed by atoms with Crippen molar-refractivity contribution in [3.05, 3.63) is 34.3 Å². The predicted octanol–water partition coefficient (Wildman–Crippen LogP) is 3.12. The minimum atomic E-state index is -0.0692. The van der Waals surface area contributed by atoms with Crippen molar-refractivity contribution in [1.29, 1.82) is 0 Å². The van der Waals surface area contributed by atoms with Gasteiger partial charge in [0.2, 0.25) is 0 Å². The van der Waals surface area contributed by atoms with E-state index in [0.29, 0.717) is 6.04 Å². The van der Waals surface area contributed by atoms with Gasteiger partial charge in [0.25, 0.3) is 0 Å². The molecule has 2 N–H and O–H groups in total. The molecule has 0 saturated carbocycles. The standard InChI is InChI=1S/C13H20BrNO/c1-10(15-8-13(2,3)9-16)11-5-4-6-12(14)7-11/h4-7,10,15-16H,8-9H2,1-3H3. The quantitative estimate of drug-likeness (QED) is 0.871. The van der Waals surface area contributed by atoms with Crippen molar-refractivity contribution < 1.29 is 5.11 Å². The maximum atomic E-state index is 9.17. The molecule has 0 aliphatic heterocycles. The number of aliphatic hydroxyl groups excluding tert-OH is 1. The predicted molar refractivity (Wildman–Crippen MR) is 71.4 cm³/mol. The zero-order valence-corrected chi connectivity index (χ0v) is 11.7. The van der Waals surface area contributed by atoms with Crippen LogP contribution in [0.25, 0.3) is 0 Å². The lowest BCUT2D eigenvalue weighted by atomic mass is 9.94. The van der Waals surface area contributed by atoms with Crippen LogP contribution in [-0.4, -0.2) is 18.3 Å². The van der Waals surface area contributed by atoms with E-state index in [0.717, 1.165) is 11.0 Å². The molecule has 1 aromatic rings. The number of nitrogens with one attached hydrogen (secondary N) is 1. The third-order valence-electron chi connectivity index (χ3n) is 2.66. The average Bonchev–Trinajstić information content (AvgIpc) is 2.26. The number of rotatable bonds is 5. The second-order valence-corrected chi connectivity index (χ2v) is 5.90. The van der Waals surface area contributed by atoms with Crippen LogP contribution in [0.3, 0.4) is 0 Å². The third kappa shape index (κ3) is 4.24. The van der Waals surface area contributed by atoms with Gasteiger partial charge in [0.15, 0.2) is 0 Å². The maximum Gasteiger partial charge on any atom is 0.0494 e. The largest absolute Gasteiger partial charge is 0.396 e. The summed E-state index contributed by atoms with van der Waals surface area (Å²) in [6, 6.07) is 8.57. The van der Waals surface area contributed by atoms with E-state index in [1.54, 1.807) is 0 Å². The molecule has 0 radical (unpaired) electrons. The first-order valence-electron chi connectivity index (χ1n) is 5.54. The normalized spacial score (nSPS) is 13.8. The highest BCUT2D eigenvalue weighted by Gasteiger charge is 2.17. The molecule has 1 unspecified atom stereocenters. The Labute approximate surface area is 106 Å². The van der Waals surface area contributed by atoms with E-state index in [4.69, 9.17) is 0 Å². The second-order valence-electron chi connectivity index (χ2n) is 4.98. The smallest absolute Gasteiger partial charge is 0.0494 e. The molecule has 1 aromatic carbocycles. The minimum absolute atomic E-state index is 0.0692. The van der Waals surface area contributed by atoms with Crippen LogP contribution in [0.1, 0.15) is 32.4 Å². The Kier molecular flexibility index (Phi) is 4.96. The van der Waals surface area contributed by atoms with Crippen LogP contribution in [0.15, 0.2) is 28.7 Å². The monoisotopic (exact) mass is 285 g/mol. The van der Waals surface area contributed by atoms with Crippen LogP contribution < -0.4 is 5.32 Å². The first-order chi connectivity index (χ1) is 7.44.